The zero-order chi connectivity index (χ0) is 35.9. The van der Waals surface area contributed by atoms with Crippen molar-refractivity contribution in [1.82, 2.24) is 15.6 Å². The van der Waals surface area contributed by atoms with Crippen molar-refractivity contribution in [3.05, 3.63) is 82.9 Å². The van der Waals surface area contributed by atoms with Crippen LogP contribution in [-0.4, -0.2) is 68.6 Å². The predicted molar refractivity (Wildman–Crippen MR) is 193 cm³/mol. The molecule has 2 aromatic carbocycles. The Balaban J connectivity index is 1.55. The van der Waals surface area contributed by atoms with Gasteiger partial charge in [-0.05, 0) is 79.0 Å². The first kappa shape index (κ1) is 37.6. The quantitative estimate of drug-likeness (QED) is 0.166. The number of carbonyl (C=O) groups is 1. The lowest BCUT2D eigenvalue weighted by molar-refractivity contribution is 0.0733. The zero-order valence-electron chi connectivity index (χ0n) is 29.5. The van der Waals surface area contributed by atoms with Gasteiger partial charge >= 0.3 is 0 Å². The van der Waals surface area contributed by atoms with Crippen molar-refractivity contribution in [2.24, 2.45) is 11.8 Å². The Bertz CT molecular complexity index is 1750. The second-order valence-electron chi connectivity index (χ2n) is 14.2. The topological polar surface area (TPSA) is 157 Å². The number of nitrogens with zero attached hydrogens (tertiary/aromatic N) is 3. The molecule has 4 rings (SSSR count). The number of sulfonamides is 1. The van der Waals surface area contributed by atoms with E-state index < -0.39 is 33.3 Å². The molecule has 4 N–H and O–H groups in total. The fourth-order valence-corrected chi connectivity index (χ4v) is 6.25. The second-order valence-corrected chi connectivity index (χ2v) is 16.7. The molecule has 0 bridgehead atoms. The third-order valence-electron chi connectivity index (χ3n) is 8.84. The normalized spacial score (nSPS) is 17.1. The van der Waals surface area contributed by atoms with Crippen LogP contribution in [0.5, 0.6) is 5.75 Å². The van der Waals surface area contributed by atoms with Crippen molar-refractivity contribution in [3.8, 4) is 11.8 Å². The van der Waals surface area contributed by atoms with E-state index in [4.69, 9.17) is 4.74 Å². The Kier molecular flexibility index (Phi) is 12.3. The molecule has 1 aliphatic rings. The van der Waals surface area contributed by atoms with Gasteiger partial charge in [0.15, 0.2) is 0 Å². The van der Waals surface area contributed by atoms with Gasteiger partial charge in [-0.15, -0.1) is 0 Å². The van der Waals surface area contributed by atoms with E-state index in [-0.39, 0.29) is 29.9 Å². The minimum atomic E-state index is -3.72. The minimum Gasteiger partial charge on any atom is -0.491 e. The van der Waals surface area contributed by atoms with Crippen LogP contribution >= 0.6 is 0 Å². The number of pyridine rings is 1. The van der Waals surface area contributed by atoms with Crippen LogP contribution in [0.15, 0.2) is 60.7 Å². The Hall–Kier alpha value is -4.18. The summed E-state index contributed by atoms with van der Waals surface area (Å²) in [6.07, 6.45) is 0.0299. The van der Waals surface area contributed by atoms with Gasteiger partial charge in [-0.3, -0.25) is 9.10 Å². The number of nitriles is 1. The number of benzene rings is 2. The van der Waals surface area contributed by atoms with Crippen molar-refractivity contribution in [2.75, 3.05) is 36.4 Å². The minimum absolute atomic E-state index is 0.00258. The molecule has 0 radical (unpaired) electrons. The van der Waals surface area contributed by atoms with Gasteiger partial charge in [0.25, 0.3) is 5.91 Å². The number of rotatable bonds is 16. The molecule has 1 heterocycles. The number of hydrogen-bond donors (Lipinski definition) is 4. The molecular weight excluding hydrogens is 641 g/mol. The van der Waals surface area contributed by atoms with Gasteiger partial charge in [0.05, 0.1) is 29.0 Å². The number of hydrogen-bond acceptors (Lipinski definition) is 9. The number of aliphatic hydroxyl groups excluding tert-OH is 1. The molecule has 1 fully saturated rings. The van der Waals surface area contributed by atoms with Crippen LogP contribution in [-0.2, 0) is 22.0 Å². The number of aliphatic hydroxyl groups is 1. The monoisotopic (exact) mass is 690 g/mol. The van der Waals surface area contributed by atoms with Crippen molar-refractivity contribution < 1.29 is 23.1 Å². The lowest BCUT2D eigenvalue weighted by Gasteiger charge is -2.26. The first-order valence-electron chi connectivity index (χ1n) is 16.7. The molecule has 4 atom stereocenters. The highest BCUT2D eigenvalue weighted by Crippen LogP contribution is 2.37. The predicted octanol–water partition coefficient (Wildman–Crippen LogP) is 4.82. The SMILES string of the molecule is CC(C)S(=O)(=O)N(C)c1cc(C(=O)N[C@@H](COc2cccc(C#N)c2)[C@H](O)CNCc2cccc(C(C)(C)C)c2)cc(NC[C@H]2C[C@@H]2C)n1. The summed E-state index contributed by atoms with van der Waals surface area (Å²) in [6.45, 7) is 13.0. The maximum absolute atomic E-state index is 13.8. The molecule has 0 spiro atoms. The standard InChI is InChI=1S/C37H50N6O5S/c1-24(2)49(46,47)43(7)35-18-28(17-34(42-35)40-21-29-14-25(29)3)36(45)41-32(23-48-31-13-9-10-26(16-31)19-38)33(44)22-39-20-27-11-8-12-30(15-27)37(4,5)6/h8-13,15-18,24-25,29,32-33,39,44H,14,20-23H2,1-7H3,(H,40,42)(H,41,45)/t25-,29+,32-,33+/m0/s1. The molecule has 1 saturated carbocycles. The molecule has 12 heteroatoms. The first-order chi connectivity index (χ1) is 23.1. The molecule has 0 unspecified atom stereocenters. The number of nitrogens with one attached hydrogen (secondary N) is 3. The molecule has 3 aromatic rings. The highest BCUT2D eigenvalue weighted by molar-refractivity contribution is 7.93. The molecule has 49 heavy (non-hydrogen) atoms. The van der Waals surface area contributed by atoms with E-state index in [1.54, 1.807) is 44.2 Å². The summed E-state index contributed by atoms with van der Waals surface area (Å²) in [5, 5.41) is 29.5. The van der Waals surface area contributed by atoms with Crippen LogP contribution < -0.4 is 25.0 Å². The third kappa shape index (κ3) is 10.4. The van der Waals surface area contributed by atoms with Gasteiger partial charge in [0.2, 0.25) is 10.0 Å². The molecular formula is C37H50N6O5S. The first-order valence-corrected chi connectivity index (χ1v) is 18.2. The third-order valence-corrected chi connectivity index (χ3v) is 11.0. The number of aromatic nitrogens is 1. The molecule has 1 aliphatic carbocycles. The highest BCUT2D eigenvalue weighted by Gasteiger charge is 2.32. The van der Waals surface area contributed by atoms with Crippen LogP contribution in [0.4, 0.5) is 11.6 Å². The van der Waals surface area contributed by atoms with E-state index in [2.05, 4.69) is 66.8 Å². The Labute approximate surface area is 291 Å². The van der Waals surface area contributed by atoms with Gasteiger partial charge in [-0.2, -0.15) is 5.26 Å². The van der Waals surface area contributed by atoms with Gasteiger partial charge in [-0.1, -0.05) is 58.0 Å². The number of anilines is 2. The van der Waals surface area contributed by atoms with E-state index in [1.807, 2.05) is 12.1 Å². The largest absolute Gasteiger partial charge is 0.491 e. The summed E-state index contributed by atoms with van der Waals surface area (Å²) >= 11 is 0. The summed E-state index contributed by atoms with van der Waals surface area (Å²) in [5.74, 6) is 1.46. The molecule has 1 amide bonds. The summed E-state index contributed by atoms with van der Waals surface area (Å²) in [6, 6.07) is 19.1. The van der Waals surface area contributed by atoms with Crippen molar-refractivity contribution in [1.29, 1.82) is 5.26 Å². The van der Waals surface area contributed by atoms with Crippen molar-refractivity contribution >= 4 is 27.6 Å². The van der Waals surface area contributed by atoms with E-state index in [1.165, 1.54) is 18.7 Å². The summed E-state index contributed by atoms with van der Waals surface area (Å²) in [4.78, 5) is 18.4. The van der Waals surface area contributed by atoms with E-state index >= 15 is 0 Å². The van der Waals surface area contributed by atoms with Crippen LogP contribution in [0.1, 0.15) is 75.0 Å². The van der Waals surface area contributed by atoms with Crippen LogP contribution in [0, 0.1) is 23.2 Å². The summed E-state index contributed by atoms with van der Waals surface area (Å²) in [5.41, 5.74) is 2.86. The average Bonchev–Trinajstić information content (AvgIpc) is 3.79. The molecule has 0 saturated heterocycles. The Morgan fingerprint density at radius 3 is 2.51 bits per heavy atom. The fourth-order valence-electron chi connectivity index (χ4n) is 5.26. The summed E-state index contributed by atoms with van der Waals surface area (Å²) in [7, 11) is -2.30. The second kappa shape index (κ2) is 16.0. The van der Waals surface area contributed by atoms with Crippen LogP contribution in [0.2, 0.25) is 0 Å². The highest BCUT2D eigenvalue weighted by atomic mass is 32.2. The van der Waals surface area contributed by atoms with Crippen molar-refractivity contribution in [3.63, 3.8) is 0 Å². The molecule has 0 aliphatic heterocycles. The number of carbonyl (C=O) groups excluding carboxylic acids is 1. The summed E-state index contributed by atoms with van der Waals surface area (Å²) < 4.78 is 33.1. The van der Waals surface area contributed by atoms with Gasteiger partial charge in [0, 0.05) is 32.2 Å². The van der Waals surface area contributed by atoms with Crippen molar-refractivity contribution in [2.45, 2.75) is 77.3 Å². The molecule has 264 valence electrons. The number of ether oxygens (including phenoxy) is 1. The van der Waals surface area contributed by atoms with Gasteiger partial charge in [-0.25, -0.2) is 13.4 Å². The average molecular weight is 691 g/mol. The number of amides is 1. The van der Waals surface area contributed by atoms with E-state index in [9.17, 15) is 23.6 Å². The maximum Gasteiger partial charge on any atom is 0.251 e. The van der Waals surface area contributed by atoms with Gasteiger partial charge in [0.1, 0.15) is 24.0 Å². The van der Waals surface area contributed by atoms with Crippen LogP contribution in [0.3, 0.4) is 0 Å². The van der Waals surface area contributed by atoms with E-state index in [0.29, 0.717) is 42.1 Å². The molecule has 1 aromatic heterocycles. The molecule has 11 nitrogen and oxygen atoms in total. The Morgan fingerprint density at radius 2 is 1.86 bits per heavy atom. The van der Waals surface area contributed by atoms with Crippen LogP contribution in [0.25, 0.3) is 0 Å². The lowest BCUT2D eigenvalue weighted by Crippen LogP contribution is -2.50. The smallest absolute Gasteiger partial charge is 0.251 e. The fraction of sp³-hybridized carbons (Fsp3) is 0.486. The lowest BCUT2D eigenvalue weighted by atomic mass is 9.86. The Morgan fingerprint density at radius 1 is 1.14 bits per heavy atom. The maximum atomic E-state index is 13.8. The van der Waals surface area contributed by atoms with Gasteiger partial charge < -0.3 is 25.8 Å². The zero-order valence-corrected chi connectivity index (χ0v) is 30.3. The van der Waals surface area contributed by atoms with E-state index in [0.717, 1.165) is 16.3 Å².